The van der Waals surface area contributed by atoms with Gasteiger partial charge in [0.15, 0.2) is 11.5 Å². The number of carbonyl (C=O) groups excluding carboxylic acids is 2. The van der Waals surface area contributed by atoms with Crippen LogP contribution in [0.2, 0.25) is 0 Å². The summed E-state index contributed by atoms with van der Waals surface area (Å²) in [7, 11) is 4.39. The number of carbonyl (C=O) groups is 2. The highest BCUT2D eigenvalue weighted by Gasteiger charge is 2.17. The maximum atomic E-state index is 12.4. The SMILES string of the molecule is CCCCCOc1ccc(C(=O)NNC(=O)c2cc(OC)c(OC)c(OC)c2)cc1. The van der Waals surface area contributed by atoms with E-state index >= 15 is 0 Å². The van der Waals surface area contributed by atoms with Crippen molar-refractivity contribution in [1.29, 1.82) is 0 Å². The Hall–Kier alpha value is -3.42. The lowest BCUT2D eigenvalue weighted by Gasteiger charge is -2.14. The highest BCUT2D eigenvalue weighted by molar-refractivity contribution is 5.99. The molecule has 2 aromatic rings. The van der Waals surface area contributed by atoms with Gasteiger partial charge in [-0.05, 0) is 42.8 Å². The summed E-state index contributed by atoms with van der Waals surface area (Å²) in [5, 5.41) is 0. The third kappa shape index (κ3) is 6.04. The van der Waals surface area contributed by atoms with E-state index < -0.39 is 11.8 Å². The third-order valence-electron chi connectivity index (χ3n) is 4.35. The molecule has 30 heavy (non-hydrogen) atoms. The van der Waals surface area contributed by atoms with Gasteiger partial charge in [0.1, 0.15) is 5.75 Å². The minimum atomic E-state index is -0.529. The number of hydrogen-bond donors (Lipinski definition) is 2. The zero-order valence-corrected chi connectivity index (χ0v) is 17.7. The van der Waals surface area contributed by atoms with Crippen LogP contribution < -0.4 is 29.8 Å². The Morgan fingerprint density at radius 1 is 0.800 bits per heavy atom. The van der Waals surface area contributed by atoms with Crippen molar-refractivity contribution in [3.05, 3.63) is 47.5 Å². The number of benzene rings is 2. The zero-order chi connectivity index (χ0) is 21.9. The second-order valence-electron chi connectivity index (χ2n) is 6.40. The van der Waals surface area contributed by atoms with Crippen LogP contribution in [0.25, 0.3) is 0 Å². The van der Waals surface area contributed by atoms with Crippen LogP contribution in [0.3, 0.4) is 0 Å². The average molecular weight is 416 g/mol. The Bertz CT molecular complexity index is 826. The molecule has 0 saturated heterocycles. The van der Waals surface area contributed by atoms with Crippen molar-refractivity contribution in [2.75, 3.05) is 27.9 Å². The molecular weight excluding hydrogens is 388 g/mol. The Labute approximate surface area is 176 Å². The molecule has 162 valence electrons. The van der Waals surface area contributed by atoms with Crippen molar-refractivity contribution in [2.24, 2.45) is 0 Å². The number of nitrogens with one attached hydrogen (secondary N) is 2. The molecule has 0 aromatic heterocycles. The highest BCUT2D eigenvalue weighted by Crippen LogP contribution is 2.38. The number of amides is 2. The molecule has 8 heteroatoms. The molecule has 0 saturated carbocycles. The lowest BCUT2D eigenvalue weighted by Crippen LogP contribution is -2.41. The van der Waals surface area contributed by atoms with Gasteiger partial charge in [-0.2, -0.15) is 0 Å². The van der Waals surface area contributed by atoms with E-state index in [1.165, 1.54) is 33.5 Å². The lowest BCUT2D eigenvalue weighted by atomic mass is 10.1. The molecule has 2 amide bonds. The summed E-state index contributed by atoms with van der Waals surface area (Å²) in [4.78, 5) is 24.7. The fraction of sp³-hybridized carbons (Fsp3) is 0.364. The van der Waals surface area contributed by atoms with E-state index in [1.54, 1.807) is 24.3 Å². The molecule has 0 heterocycles. The lowest BCUT2D eigenvalue weighted by molar-refractivity contribution is 0.0846. The maximum absolute atomic E-state index is 12.4. The number of unbranched alkanes of at least 4 members (excludes halogenated alkanes) is 2. The first-order valence-electron chi connectivity index (χ1n) is 9.67. The molecule has 2 rings (SSSR count). The molecule has 0 spiro atoms. The summed E-state index contributed by atoms with van der Waals surface area (Å²) in [5.74, 6) is 0.763. The molecule has 0 radical (unpaired) electrons. The van der Waals surface area contributed by atoms with E-state index in [9.17, 15) is 9.59 Å². The van der Waals surface area contributed by atoms with Crippen molar-refractivity contribution in [1.82, 2.24) is 10.9 Å². The molecule has 2 aromatic carbocycles. The van der Waals surface area contributed by atoms with Gasteiger partial charge in [0, 0.05) is 11.1 Å². The van der Waals surface area contributed by atoms with Gasteiger partial charge in [0.25, 0.3) is 11.8 Å². The first kappa shape index (κ1) is 22.9. The number of hydrogen-bond acceptors (Lipinski definition) is 6. The van der Waals surface area contributed by atoms with Gasteiger partial charge in [0.05, 0.1) is 27.9 Å². The molecular formula is C22H28N2O6. The van der Waals surface area contributed by atoms with Gasteiger partial charge in [-0.3, -0.25) is 20.4 Å². The van der Waals surface area contributed by atoms with E-state index in [4.69, 9.17) is 18.9 Å². The summed E-state index contributed by atoms with van der Waals surface area (Å²) in [6.45, 7) is 2.78. The normalized spacial score (nSPS) is 10.1. The molecule has 0 bridgehead atoms. The molecule has 0 fully saturated rings. The summed E-state index contributed by atoms with van der Waals surface area (Å²) >= 11 is 0. The predicted molar refractivity (Wildman–Crippen MR) is 112 cm³/mol. The fourth-order valence-corrected chi connectivity index (χ4v) is 2.71. The van der Waals surface area contributed by atoms with Crippen LogP contribution in [0.4, 0.5) is 0 Å². The van der Waals surface area contributed by atoms with Gasteiger partial charge in [-0.15, -0.1) is 0 Å². The van der Waals surface area contributed by atoms with Crippen LogP contribution in [-0.2, 0) is 0 Å². The number of ether oxygens (including phenoxy) is 4. The first-order chi connectivity index (χ1) is 14.5. The summed E-state index contributed by atoms with van der Waals surface area (Å²) in [6.07, 6.45) is 3.24. The third-order valence-corrected chi connectivity index (χ3v) is 4.35. The van der Waals surface area contributed by atoms with Crippen LogP contribution in [0.5, 0.6) is 23.0 Å². The smallest absolute Gasteiger partial charge is 0.269 e. The summed E-state index contributed by atoms with van der Waals surface area (Å²) < 4.78 is 21.3. The minimum absolute atomic E-state index is 0.237. The largest absolute Gasteiger partial charge is 0.494 e. The van der Waals surface area contributed by atoms with E-state index in [-0.39, 0.29) is 5.56 Å². The average Bonchev–Trinajstić information content (AvgIpc) is 2.79. The minimum Gasteiger partial charge on any atom is -0.494 e. The molecule has 8 nitrogen and oxygen atoms in total. The van der Waals surface area contributed by atoms with Crippen LogP contribution >= 0.6 is 0 Å². The van der Waals surface area contributed by atoms with E-state index in [1.807, 2.05) is 0 Å². The monoisotopic (exact) mass is 416 g/mol. The van der Waals surface area contributed by atoms with E-state index in [2.05, 4.69) is 17.8 Å². The maximum Gasteiger partial charge on any atom is 0.269 e. The van der Waals surface area contributed by atoms with Crippen LogP contribution in [0.1, 0.15) is 46.9 Å². The Balaban J connectivity index is 1.96. The second kappa shape index (κ2) is 11.5. The van der Waals surface area contributed by atoms with Gasteiger partial charge in [-0.1, -0.05) is 19.8 Å². The molecule has 0 aliphatic rings. The van der Waals surface area contributed by atoms with Crippen molar-refractivity contribution in [3.8, 4) is 23.0 Å². The van der Waals surface area contributed by atoms with Gasteiger partial charge in [-0.25, -0.2) is 0 Å². The first-order valence-corrected chi connectivity index (χ1v) is 9.67. The van der Waals surface area contributed by atoms with E-state index in [0.717, 1.165) is 19.3 Å². The quantitative estimate of drug-likeness (QED) is 0.456. The Kier molecular flexibility index (Phi) is 8.80. The van der Waals surface area contributed by atoms with Gasteiger partial charge < -0.3 is 18.9 Å². The van der Waals surface area contributed by atoms with Crippen molar-refractivity contribution < 1.29 is 28.5 Å². The molecule has 0 unspecified atom stereocenters. The topological polar surface area (TPSA) is 95.1 Å². The van der Waals surface area contributed by atoms with Crippen LogP contribution in [-0.4, -0.2) is 39.8 Å². The molecule has 0 aliphatic heterocycles. The van der Waals surface area contributed by atoms with Crippen LogP contribution in [0, 0.1) is 0 Å². The van der Waals surface area contributed by atoms with Crippen molar-refractivity contribution in [3.63, 3.8) is 0 Å². The summed E-state index contributed by atoms with van der Waals surface area (Å²) in [6, 6.07) is 9.71. The Morgan fingerprint density at radius 3 is 1.87 bits per heavy atom. The number of hydrazine groups is 1. The number of rotatable bonds is 10. The highest BCUT2D eigenvalue weighted by atomic mass is 16.5. The predicted octanol–water partition coefficient (Wildman–Crippen LogP) is 3.36. The standard InChI is InChI=1S/C22H28N2O6/c1-5-6-7-12-30-17-10-8-15(9-11-17)21(25)23-24-22(26)16-13-18(27-2)20(29-4)19(14-16)28-3/h8-11,13-14H,5-7,12H2,1-4H3,(H,23,25)(H,24,26). The molecule has 0 atom stereocenters. The van der Waals surface area contributed by atoms with Gasteiger partial charge >= 0.3 is 0 Å². The molecule has 2 N–H and O–H groups in total. The molecule has 0 aliphatic carbocycles. The van der Waals surface area contributed by atoms with Gasteiger partial charge in [0.2, 0.25) is 5.75 Å². The van der Waals surface area contributed by atoms with Crippen LogP contribution in [0.15, 0.2) is 36.4 Å². The summed E-state index contributed by atoms with van der Waals surface area (Å²) in [5.41, 5.74) is 5.39. The fourth-order valence-electron chi connectivity index (χ4n) is 2.71. The van der Waals surface area contributed by atoms with Crippen molar-refractivity contribution in [2.45, 2.75) is 26.2 Å². The van der Waals surface area contributed by atoms with Crippen molar-refractivity contribution >= 4 is 11.8 Å². The zero-order valence-electron chi connectivity index (χ0n) is 17.7. The Morgan fingerprint density at radius 2 is 1.37 bits per heavy atom. The second-order valence-corrected chi connectivity index (χ2v) is 6.40. The number of methoxy groups -OCH3 is 3. The van der Waals surface area contributed by atoms with E-state index in [0.29, 0.717) is 35.2 Å².